The Morgan fingerprint density at radius 1 is 1.23 bits per heavy atom. The number of amides is 1. The number of anilines is 2. The average molecular weight is 459 g/mol. The number of aromatic nitrogens is 1. The molecule has 1 aromatic heterocycles. The molecule has 1 fully saturated rings. The van der Waals surface area contributed by atoms with E-state index in [1.54, 1.807) is 18.2 Å². The van der Waals surface area contributed by atoms with Gasteiger partial charge in [-0.25, -0.2) is 13.4 Å². The van der Waals surface area contributed by atoms with Crippen molar-refractivity contribution in [1.82, 2.24) is 9.29 Å². The van der Waals surface area contributed by atoms with Gasteiger partial charge in [-0.15, -0.1) is 0 Å². The molecule has 1 saturated heterocycles. The number of carbonyl (C=O) groups excluding carboxylic acids is 1. The number of fused-ring (bicyclic) bond motifs is 2. The SMILES string of the molecule is O=C(C[C@@H]1COc2cc(S(=O)(=O)N3CCCC3)ccc2N1)Nc1nc2ccccc2s1. The highest BCUT2D eigenvalue weighted by Gasteiger charge is 2.29. The van der Waals surface area contributed by atoms with Crippen LogP contribution in [0.5, 0.6) is 5.75 Å². The lowest BCUT2D eigenvalue weighted by molar-refractivity contribution is -0.116. The van der Waals surface area contributed by atoms with E-state index in [1.165, 1.54) is 15.6 Å². The van der Waals surface area contributed by atoms with Crippen molar-refractivity contribution >= 4 is 48.3 Å². The lowest BCUT2D eigenvalue weighted by atomic mass is 10.1. The van der Waals surface area contributed by atoms with E-state index in [0.29, 0.717) is 29.7 Å². The number of para-hydroxylation sites is 1. The monoisotopic (exact) mass is 458 g/mol. The van der Waals surface area contributed by atoms with Gasteiger partial charge in [0.15, 0.2) is 5.13 Å². The Hall–Kier alpha value is -2.69. The number of hydrogen-bond acceptors (Lipinski definition) is 7. The van der Waals surface area contributed by atoms with Crippen LogP contribution >= 0.6 is 11.3 Å². The molecule has 3 heterocycles. The number of hydrogen-bond donors (Lipinski definition) is 2. The molecule has 10 heteroatoms. The van der Waals surface area contributed by atoms with Crippen molar-refractivity contribution in [1.29, 1.82) is 0 Å². The number of nitrogens with one attached hydrogen (secondary N) is 2. The number of ether oxygens (including phenoxy) is 1. The highest BCUT2D eigenvalue weighted by Crippen LogP contribution is 2.34. The zero-order chi connectivity index (χ0) is 21.4. The van der Waals surface area contributed by atoms with Crippen LogP contribution in [0.25, 0.3) is 10.2 Å². The van der Waals surface area contributed by atoms with Crippen LogP contribution in [-0.2, 0) is 14.8 Å². The molecule has 1 amide bonds. The number of benzene rings is 2. The first-order chi connectivity index (χ1) is 15.0. The van der Waals surface area contributed by atoms with Gasteiger partial charge in [0.2, 0.25) is 15.9 Å². The minimum atomic E-state index is -3.49. The summed E-state index contributed by atoms with van der Waals surface area (Å²) in [6, 6.07) is 12.4. The number of thiazole rings is 1. The van der Waals surface area contributed by atoms with Gasteiger partial charge in [-0.1, -0.05) is 23.5 Å². The molecular weight excluding hydrogens is 436 g/mol. The number of carbonyl (C=O) groups is 1. The summed E-state index contributed by atoms with van der Waals surface area (Å²) < 4.78 is 33.8. The molecular formula is C21H22N4O4S2. The molecule has 162 valence electrons. The van der Waals surface area contributed by atoms with Crippen LogP contribution in [0.4, 0.5) is 10.8 Å². The van der Waals surface area contributed by atoms with E-state index in [2.05, 4.69) is 15.6 Å². The normalized spacial score (nSPS) is 18.9. The third-order valence-corrected chi connectivity index (χ3v) is 8.27. The largest absolute Gasteiger partial charge is 0.489 e. The second-order valence-electron chi connectivity index (χ2n) is 7.66. The van der Waals surface area contributed by atoms with Crippen LogP contribution in [0.3, 0.4) is 0 Å². The van der Waals surface area contributed by atoms with E-state index in [4.69, 9.17) is 4.74 Å². The predicted molar refractivity (Wildman–Crippen MR) is 120 cm³/mol. The summed E-state index contributed by atoms with van der Waals surface area (Å²) in [4.78, 5) is 17.1. The minimum Gasteiger partial charge on any atom is -0.489 e. The molecule has 0 saturated carbocycles. The van der Waals surface area contributed by atoms with Crippen LogP contribution < -0.4 is 15.4 Å². The first kappa shape index (κ1) is 20.2. The van der Waals surface area contributed by atoms with Crippen molar-refractivity contribution in [3.8, 4) is 5.75 Å². The standard InChI is InChI=1S/C21H22N4O4S2/c26-20(24-21-23-17-5-1-2-6-19(17)30-21)11-14-13-29-18-12-15(7-8-16(18)22-14)31(27,28)25-9-3-4-10-25/h1-2,5-8,12,14,22H,3-4,9-11,13H2,(H,23,24,26)/t14-/m1/s1. The van der Waals surface area contributed by atoms with E-state index in [0.717, 1.165) is 23.1 Å². The maximum atomic E-state index is 12.8. The first-order valence-corrected chi connectivity index (χ1v) is 12.4. The fourth-order valence-electron chi connectivity index (χ4n) is 3.86. The Kier molecular flexibility index (Phi) is 5.28. The molecule has 5 rings (SSSR count). The van der Waals surface area contributed by atoms with Gasteiger partial charge in [0.05, 0.1) is 33.3 Å². The molecule has 3 aromatic rings. The zero-order valence-corrected chi connectivity index (χ0v) is 18.3. The molecule has 1 atom stereocenters. The maximum Gasteiger partial charge on any atom is 0.243 e. The van der Waals surface area contributed by atoms with Gasteiger partial charge in [0.1, 0.15) is 12.4 Å². The summed E-state index contributed by atoms with van der Waals surface area (Å²) in [6.07, 6.45) is 2.00. The summed E-state index contributed by atoms with van der Waals surface area (Å²) in [7, 11) is -3.49. The second-order valence-corrected chi connectivity index (χ2v) is 10.6. The number of rotatable bonds is 5. The van der Waals surface area contributed by atoms with E-state index >= 15 is 0 Å². The third-order valence-electron chi connectivity index (χ3n) is 5.43. The summed E-state index contributed by atoms with van der Waals surface area (Å²) in [6.45, 7) is 1.39. The maximum absolute atomic E-state index is 12.8. The molecule has 0 spiro atoms. The van der Waals surface area contributed by atoms with E-state index in [9.17, 15) is 13.2 Å². The number of nitrogens with zero attached hydrogens (tertiary/aromatic N) is 2. The molecule has 0 unspecified atom stereocenters. The van der Waals surface area contributed by atoms with Gasteiger partial charge in [-0.3, -0.25) is 4.79 Å². The van der Waals surface area contributed by atoms with Crippen LogP contribution in [0.2, 0.25) is 0 Å². The molecule has 2 N–H and O–H groups in total. The smallest absolute Gasteiger partial charge is 0.243 e. The summed E-state index contributed by atoms with van der Waals surface area (Å²) in [5.74, 6) is 0.333. The van der Waals surface area contributed by atoms with Gasteiger partial charge in [0, 0.05) is 19.2 Å². The lowest BCUT2D eigenvalue weighted by Gasteiger charge is -2.27. The van der Waals surface area contributed by atoms with Gasteiger partial charge in [-0.2, -0.15) is 4.31 Å². The third kappa shape index (κ3) is 4.10. The summed E-state index contributed by atoms with van der Waals surface area (Å²) in [5, 5.41) is 6.70. The van der Waals surface area contributed by atoms with Crippen molar-refractivity contribution < 1.29 is 17.9 Å². The zero-order valence-electron chi connectivity index (χ0n) is 16.7. The van der Waals surface area contributed by atoms with E-state index in [1.807, 2.05) is 24.3 Å². The van der Waals surface area contributed by atoms with Crippen molar-refractivity contribution in [3.05, 3.63) is 42.5 Å². The first-order valence-electron chi connectivity index (χ1n) is 10.2. The Bertz CT molecular complexity index is 1200. The van der Waals surface area contributed by atoms with E-state index < -0.39 is 10.0 Å². The van der Waals surface area contributed by atoms with Gasteiger partial charge < -0.3 is 15.4 Å². The van der Waals surface area contributed by atoms with Gasteiger partial charge in [0.25, 0.3) is 0 Å². The van der Waals surface area contributed by atoms with Crippen LogP contribution in [0, 0.1) is 0 Å². The fourth-order valence-corrected chi connectivity index (χ4v) is 6.28. The highest BCUT2D eigenvalue weighted by molar-refractivity contribution is 7.89. The Balaban J connectivity index is 1.23. The average Bonchev–Trinajstić information content (AvgIpc) is 3.43. The minimum absolute atomic E-state index is 0.156. The van der Waals surface area contributed by atoms with Crippen molar-refractivity contribution in [2.75, 3.05) is 30.3 Å². The Labute approximate surface area is 184 Å². The fraction of sp³-hybridized carbons (Fsp3) is 0.333. The molecule has 0 bridgehead atoms. The van der Waals surface area contributed by atoms with Crippen molar-refractivity contribution in [3.63, 3.8) is 0 Å². The van der Waals surface area contributed by atoms with Crippen molar-refractivity contribution in [2.24, 2.45) is 0 Å². The topological polar surface area (TPSA) is 101 Å². The molecule has 8 nitrogen and oxygen atoms in total. The molecule has 2 aliphatic rings. The lowest BCUT2D eigenvalue weighted by Crippen LogP contribution is -2.35. The quantitative estimate of drug-likeness (QED) is 0.609. The van der Waals surface area contributed by atoms with Crippen LogP contribution in [-0.4, -0.2) is 49.4 Å². The van der Waals surface area contributed by atoms with Crippen LogP contribution in [0.1, 0.15) is 19.3 Å². The highest BCUT2D eigenvalue weighted by atomic mass is 32.2. The van der Waals surface area contributed by atoms with E-state index in [-0.39, 0.29) is 29.9 Å². The molecule has 2 aromatic carbocycles. The molecule has 31 heavy (non-hydrogen) atoms. The molecule has 0 radical (unpaired) electrons. The second kappa shape index (κ2) is 8.10. The van der Waals surface area contributed by atoms with Crippen molar-refractivity contribution in [2.45, 2.75) is 30.2 Å². The Morgan fingerprint density at radius 2 is 2.03 bits per heavy atom. The summed E-state index contributed by atoms with van der Waals surface area (Å²) in [5.41, 5.74) is 1.54. The Morgan fingerprint density at radius 3 is 2.84 bits per heavy atom. The molecule has 0 aliphatic carbocycles. The van der Waals surface area contributed by atoms with Gasteiger partial charge >= 0.3 is 0 Å². The molecule has 2 aliphatic heterocycles. The summed E-state index contributed by atoms with van der Waals surface area (Å²) >= 11 is 1.43. The predicted octanol–water partition coefficient (Wildman–Crippen LogP) is 3.28. The number of sulfonamides is 1. The van der Waals surface area contributed by atoms with Gasteiger partial charge in [-0.05, 0) is 37.1 Å². The van der Waals surface area contributed by atoms with Crippen LogP contribution in [0.15, 0.2) is 47.4 Å².